The first kappa shape index (κ1) is 21.0. The second-order valence-corrected chi connectivity index (χ2v) is 5.67. The second-order valence-electron chi connectivity index (χ2n) is 5.67. The van der Waals surface area contributed by atoms with Crippen molar-refractivity contribution in [1.29, 1.82) is 0 Å². The Kier molecular flexibility index (Phi) is 7.83. The lowest BCUT2D eigenvalue weighted by Crippen LogP contribution is -1.90. The molecular formula is C22H18N2O5. The van der Waals surface area contributed by atoms with Crippen LogP contribution in [0.1, 0.15) is 11.1 Å². The van der Waals surface area contributed by atoms with E-state index in [0.717, 1.165) is 23.3 Å². The van der Waals surface area contributed by atoms with E-state index in [1.54, 1.807) is 72.8 Å². The molecule has 0 aliphatic heterocycles. The first-order valence-corrected chi connectivity index (χ1v) is 8.48. The molecule has 0 unspecified atom stereocenters. The summed E-state index contributed by atoms with van der Waals surface area (Å²) in [6, 6.07) is 13.5. The van der Waals surface area contributed by atoms with E-state index >= 15 is 0 Å². The molecule has 2 N–H and O–H groups in total. The van der Waals surface area contributed by atoms with Gasteiger partial charge in [-0.2, -0.15) is 0 Å². The highest BCUT2D eigenvalue weighted by Crippen LogP contribution is 2.19. The molecule has 2 rings (SSSR count). The van der Waals surface area contributed by atoms with Crippen LogP contribution in [0.2, 0.25) is 0 Å². The molecule has 0 saturated heterocycles. The number of allylic oxidation sites excluding steroid dienone is 4. The summed E-state index contributed by atoms with van der Waals surface area (Å²) in [5.41, 5.74) is 2.47. The molecule has 0 radical (unpaired) electrons. The molecule has 0 atom stereocenters. The lowest BCUT2D eigenvalue weighted by atomic mass is 10.2. The number of carboxylic acid groups (broad SMARTS) is 2. The molecule has 7 nitrogen and oxygen atoms in total. The zero-order valence-electron chi connectivity index (χ0n) is 15.3. The number of nitrogens with zero attached hydrogens (tertiary/aromatic N) is 2. The fourth-order valence-electron chi connectivity index (χ4n) is 2.14. The van der Waals surface area contributed by atoms with Crippen LogP contribution >= 0.6 is 0 Å². The molecule has 2 aromatic rings. The number of hydrogen-bond donors (Lipinski definition) is 2. The van der Waals surface area contributed by atoms with Gasteiger partial charge in [0.05, 0.1) is 0 Å². The maximum atomic E-state index is 12.2. The zero-order valence-corrected chi connectivity index (χ0v) is 15.3. The third kappa shape index (κ3) is 7.88. The van der Waals surface area contributed by atoms with Gasteiger partial charge in [-0.05, 0) is 35.4 Å². The monoisotopic (exact) mass is 390 g/mol. The van der Waals surface area contributed by atoms with E-state index in [0.29, 0.717) is 16.2 Å². The molecule has 0 heterocycles. The summed E-state index contributed by atoms with van der Waals surface area (Å²) in [6.45, 7) is 0. The van der Waals surface area contributed by atoms with Crippen molar-refractivity contribution in [2.24, 2.45) is 5.11 Å². The van der Waals surface area contributed by atoms with Crippen molar-refractivity contribution in [3.8, 4) is 0 Å². The standard InChI is InChI=1S/C22H18N2O5/c25-21(26)7-3-1-5-17-9-13-19(14-10-17)23-24(29)20-15-11-18(12-16-20)6-2-4-8-22(27)28/h1-16H,(H,25,26)(H,27,28)/b5-1+,6-2+,7-3+,8-4+,24-23?. The van der Waals surface area contributed by atoms with Gasteiger partial charge >= 0.3 is 11.9 Å². The molecule has 7 heteroatoms. The van der Waals surface area contributed by atoms with Gasteiger partial charge in [0.1, 0.15) is 5.69 Å². The van der Waals surface area contributed by atoms with E-state index in [2.05, 4.69) is 5.11 Å². The van der Waals surface area contributed by atoms with Crippen molar-refractivity contribution in [3.05, 3.63) is 101 Å². The van der Waals surface area contributed by atoms with E-state index in [9.17, 15) is 14.8 Å². The van der Waals surface area contributed by atoms with Gasteiger partial charge in [0.15, 0.2) is 0 Å². The van der Waals surface area contributed by atoms with Crippen LogP contribution in [0.3, 0.4) is 0 Å². The van der Waals surface area contributed by atoms with Gasteiger partial charge in [-0.15, -0.1) is 0 Å². The van der Waals surface area contributed by atoms with Gasteiger partial charge in [-0.3, -0.25) is 0 Å². The van der Waals surface area contributed by atoms with Crippen molar-refractivity contribution < 1.29 is 24.7 Å². The summed E-state index contributed by atoms with van der Waals surface area (Å²) in [7, 11) is 0. The minimum atomic E-state index is -1.02. The lowest BCUT2D eigenvalue weighted by molar-refractivity contribution is -0.435. The molecule has 0 aliphatic carbocycles. The summed E-state index contributed by atoms with van der Waals surface area (Å²) < 4.78 is 0. The normalized spacial score (nSPS) is 12.5. The lowest BCUT2D eigenvalue weighted by Gasteiger charge is -2.01. The van der Waals surface area contributed by atoms with Gasteiger partial charge in [0, 0.05) is 29.4 Å². The molecule has 2 aromatic carbocycles. The molecule has 0 fully saturated rings. The molecule has 0 aliphatic rings. The highest BCUT2D eigenvalue weighted by atomic mass is 16.5. The molecular weight excluding hydrogens is 372 g/mol. The molecule has 0 spiro atoms. The predicted molar refractivity (Wildman–Crippen MR) is 110 cm³/mol. The molecule has 0 amide bonds. The molecule has 0 saturated carbocycles. The fraction of sp³-hybridized carbons (Fsp3) is 0. The van der Waals surface area contributed by atoms with Crippen LogP contribution in [0.4, 0.5) is 11.4 Å². The van der Waals surface area contributed by atoms with E-state index in [1.807, 2.05) is 0 Å². The SMILES string of the molecule is O=C(O)/C=C/C=C/c1ccc(N=[N+]([O-])c2ccc(/C=C/C=C/C(=O)O)cc2)cc1. The smallest absolute Gasteiger partial charge is 0.328 e. The van der Waals surface area contributed by atoms with Crippen LogP contribution in [0, 0.1) is 5.21 Å². The Labute approximate surface area is 167 Å². The summed E-state index contributed by atoms with van der Waals surface area (Å²) in [6.07, 6.45) is 11.5. The van der Waals surface area contributed by atoms with Gasteiger partial charge in [0.2, 0.25) is 5.69 Å². The second kappa shape index (κ2) is 10.8. The Morgan fingerprint density at radius 1 is 0.759 bits per heavy atom. The Balaban J connectivity index is 2.03. The van der Waals surface area contributed by atoms with E-state index in [4.69, 9.17) is 10.2 Å². The van der Waals surface area contributed by atoms with E-state index in [-0.39, 0.29) is 0 Å². The maximum Gasteiger partial charge on any atom is 0.328 e. The Bertz CT molecular complexity index is 999. The summed E-state index contributed by atoms with van der Waals surface area (Å²) in [4.78, 5) is 21.3. The highest BCUT2D eigenvalue weighted by molar-refractivity contribution is 5.80. The number of carboxylic acids is 2. The highest BCUT2D eigenvalue weighted by Gasteiger charge is 2.03. The third-order valence-electron chi connectivity index (χ3n) is 3.49. The van der Waals surface area contributed by atoms with Crippen LogP contribution in [0.15, 0.2) is 90.1 Å². The van der Waals surface area contributed by atoms with Crippen LogP contribution in [0.25, 0.3) is 12.2 Å². The molecule has 29 heavy (non-hydrogen) atoms. The quantitative estimate of drug-likeness (QED) is 0.218. The van der Waals surface area contributed by atoms with Crippen molar-refractivity contribution in [2.45, 2.75) is 0 Å². The minimum absolute atomic E-state index is 0.353. The maximum absolute atomic E-state index is 12.2. The van der Waals surface area contributed by atoms with Gasteiger partial charge < -0.3 is 15.4 Å². The summed E-state index contributed by atoms with van der Waals surface area (Å²) >= 11 is 0. The average molecular weight is 390 g/mol. The number of hydrogen-bond acceptors (Lipinski definition) is 4. The number of carbonyl (C=O) groups is 2. The predicted octanol–water partition coefficient (Wildman–Crippen LogP) is 4.92. The number of aliphatic carboxylic acids is 2. The van der Waals surface area contributed by atoms with Crippen LogP contribution in [0.5, 0.6) is 0 Å². The van der Waals surface area contributed by atoms with E-state index < -0.39 is 11.9 Å². The number of rotatable bonds is 8. The van der Waals surface area contributed by atoms with Crippen molar-refractivity contribution >= 4 is 35.5 Å². The fourth-order valence-corrected chi connectivity index (χ4v) is 2.14. The van der Waals surface area contributed by atoms with E-state index in [1.165, 1.54) is 12.2 Å². The minimum Gasteiger partial charge on any atom is -0.594 e. The Hall–Kier alpha value is -4.26. The van der Waals surface area contributed by atoms with Crippen LogP contribution in [-0.4, -0.2) is 27.0 Å². The van der Waals surface area contributed by atoms with Gasteiger partial charge in [-0.1, -0.05) is 53.4 Å². The number of azo groups is 1. The van der Waals surface area contributed by atoms with Crippen LogP contribution in [-0.2, 0) is 9.59 Å². The van der Waals surface area contributed by atoms with Gasteiger partial charge in [0.25, 0.3) is 0 Å². The Morgan fingerprint density at radius 3 is 1.66 bits per heavy atom. The van der Waals surface area contributed by atoms with Crippen molar-refractivity contribution in [3.63, 3.8) is 0 Å². The molecule has 0 aromatic heterocycles. The molecule has 0 bridgehead atoms. The van der Waals surface area contributed by atoms with Crippen LogP contribution < -0.4 is 0 Å². The Morgan fingerprint density at radius 2 is 1.21 bits per heavy atom. The van der Waals surface area contributed by atoms with Gasteiger partial charge in [-0.25, -0.2) is 9.59 Å². The first-order valence-electron chi connectivity index (χ1n) is 8.48. The summed E-state index contributed by atoms with van der Waals surface area (Å²) in [5.74, 6) is -2.04. The largest absolute Gasteiger partial charge is 0.594 e. The summed E-state index contributed by atoms with van der Waals surface area (Å²) in [5, 5.41) is 33.2. The molecule has 146 valence electrons. The zero-order chi connectivity index (χ0) is 21.1. The van der Waals surface area contributed by atoms with Crippen molar-refractivity contribution in [1.82, 2.24) is 0 Å². The first-order chi connectivity index (χ1) is 13.9. The number of benzene rings is 2. The van der Waals surface area contributed by atoms with Crippen molar-refractivity contribution in [2.75, 3.05) is 0 Å². The average Bonchev–Trinajstić information content (AvgIpc) is 2.70. The topological polar surface area (TPSA) is 113 Å². The third-order valence-corrected chi connectivity index (χ3v) is 3.49.